The maximum atomic E-state index is 8.36. The molecule has 2 aliphatic carbocycles. The Morgan fingerprint density at radius 1 is 0.750 bits per heavy atom. The Morgan fingerprint density at radius 3 is 1.53 bits per heavy atom. The van der Waals surface area contributed by atoms with Crippen molar-refractivity contribution in [3.63, 3.8) is 0 Å². The second kappa shape index (κ2) is 9.65. The fourth-order valence-corrected chi connectivity index (χ4v) is 57.9. The van der Waals surface area contributed by atoms with E-state index in [1.54, 1.807) is 0 Å². The van der Waals surface area contributed by atoms with E-state index in [0.717, 1.165) is 0 Å². The Balaban J connectivity index is 2.02. The van der Waals surface area contributed by atoms with Crippen LogP contribution in [0.3, 0.4) is 0 Å². The van der Waals surface area contributed by atoms with Crippen LogP contribution in [0.2, 0.25) is 6.04 Å². The van der Waals surface area contributed by atoms with Gasteiger partial charge < -0.3 is 0 Å². The van der Waals surface area contributed by atoms with Gasteiger partial charge in [-0.1, -0.05) is 0 Å². The van der Waals surface area contributed by atoms with Crippen molar-refractivity contribution < 1.29 is 14.8 Å². The number of benzene rings is 2. The van der Waals surface area contributed by atoms with Crippen LogP contribution in [-0.4, -0.2) is 6.22 Å². The molecule has 2 aromatic carbocycles. The van der Waals surface area contributed by atoms with Gasteiger partial charge in [0.15, 0.2) is 0 Å². The van der Waals surface area contributed by atoms with Crippen molar-refractivity contribution in [2.24, 2.45) is 0 Å². The molecule has 2 unspecified atom stereocenters. The van der Waals surface area contributed by atoms with Crippen LogP contribution in [0, 0.1) is 0 Å². The van der Waals surface area contributed by atoms with Gasteiger partial charge in [-0.05, 0) is 0 Å². The molecule has 0 saturated heterocycles. The molecule has 0 nitrogen and oxygen atoms in total. The molecule has 36 heavy (non-hydrogen) atoms. The summed E-state index contributed by atoms with van der Waals surface area (Å²) in [7, 11) is 16.7. The minimum absolute atomic E-state index is 0.0344. The number of rotatable bonds is 5. The Labute approximate surface area is 229 Å². The van der Waals surface area contributed by atoms with Crippen LogP contribution in [0.1, 0.15) is 116 Å². The van der Waals surface area contributed by atoms with Gasteiger partial charge in [-0.15, -0.1) is 0 Å². The van der Waals surface area contributed by atoms with E-state index in [4.69, 9.17) is 17.2 Å². The van der Waals surface area contributed by atoms with Crippen LogP contribution in [0.5, 0.6) is 0 Å². The van der Waals surface area contributed by atoms with Crippen molar-refractivity contribution in [3.8, 4) is 0 Å². The summed E-state index contributed by atoms with van der Waals surface area (Å²) in [6, 6.07) is 14.9. The molecule has 0 radical (unpaired) electrons. The van der Waals surface area contributed by atoms with Crippen molar-refractivity contribution in [2.45, 2.75) is 99.4 Å². The van der Waals surface area contributed by atoms with Crippen LogP contribution in [-0.2, 0) is 25.6 Å². The molecule has 4 rings (SSSR count). The average molecular weight is 706 g/mol. The maximum absolute atomic E-state index is 8.36. The molecule has 2 aromatic rings. The van der Waals surface area contributed by atoms with Crippen molar-refractivity contribution in [2.75, 3.05) is 0 Å². The Kier molecular flexibility index (Phi) is 7.66. The molecule has 2 atom stereocenters. The van der Waals surface area contributed by atoms with E-state index in [9.17, 15) is 0 Å². The number of hydrogen-bond donors (Lipinski definition) is 0. The van der Waals surface area contributed by atoms with Gasteiger partial charge in [0.05, 0.1) is 0 Å². The summed E-state index contributed by atoms with van der Waals surface area (Å²) in [5.74, 6) is 0. The van der Waals surface area contributed by atoms with Crippen LogP contribution >= 0.6 is 17.2 Å². The SMILES string of the molecule is CCCC[SiH]=[Hf]([Cl])([Cl])([CH]1C(C)=Cc2c1cccc2C(C)(C)C)[CH]1C(C)=Cc2c1cccc2C(C)(C)C. The molecule has 0 saturated carbocycles. The first-order valence-electron chi connectivity index (χ1n) is 13.7. The zero-order chi connectivity index (χ0) is 26.7. The minimum atomic E-state index is -4.70. The van der Waals surface area contributed by atoms with Gasteiger partial charge in [-0.25, -0.2) is 0 Å². The fourth-order valence-electron chi connectivity index (χ4n) is 6.86. The van der Waals surface area contributed by atoms with Crippen LogP contribution < -0.4 is 0 Å². The fraction of sp³-hybridized carbons (Fsp3) is 0.500. The first kappa shape index (κ1) is 28.6. The first-order valence-corrected chi connectivity index (χ1v) is 34.3. The van der Waals surface area contributed by atoms with Crippen molar-refractivity contribution in [1.82, 2.24) is 0 Å². The van der Waals surface area contributed by atoms with Gasteiger partial charge >= 0.3 is 231 Å². The number of hydrogen-bond acceptors (Lipinski definition) is 0. The van der Waals surface area contributed by atoms with Gasteiger partial charge in [0, 0.05) is 0 Å². The third-order valence-corrected chi connectivity index (χ3v) is 55.0. The standard InChI is InChI=1S/2C14H17.C4H10Si.2ClH.Hf/c2*1-10-8-11-6-5-7-13(12(11)9-10)14(2,3)4;1-2-3-4-5;;;/h2*5-9H,1-4H3;5H,2-4H2,1H3;2*1H;/q;;;;;+2/p-2. The summed E-state index contributed by atoms with van der Waals surface area (Å²) < 4.78 is 0.374. The second-order valence-electron chi connectivity index (χ2n) is 13.3. The molecule has 0 fully saturated rings. The van der Waals surface area contributed by atoms with Gasteiger partial charge in [0.1, 0.15) is 0 Å². The topological polar surface area (TPSA) is 0 Å². The molecule has 0 amide bonds. The predicted molar refractivity (Wildman–Crippen MR) is 162 cm³/mol. The van der Waals surface area contributed by atoms with E-state index in [1.165, 1.54) is 63.4 Å². The van der Waals surface area contributed by atoms with Gasteiger partial charge in [0.25, 0.3) is 0 Å². The van der Waals surface area contributed by atoms with E-state index in [2.05, 4.69) is 111 Å². The Bertz CT molecular complexity index is 1230. The summed E-state index contributed by atoms with van der Waals surface area (Å²) in [4.78, 5) is 0. The predicted octanol–water partition coefficient (Wildman–Crippen LogP) is 10.5. The monoisotopic (exact) mass is 706 g/mol. The molecule has 0 heterocycles. The third kappa shape index (κ3) is 4.76. The summed E-state index contributed by atoms with van der Waals surface area (Å²) >= 11 is -4.70. The molecular weight excluding hydrogens is 662 g/mol. The van der Waals surface area contributed by atoms with E-state index in [-0.39, 0.29) is 24.4 Å². The number of fused-ring (bicyclic) bond motifs is 2. The Morgan fingerprint density at radius 2 is 1.17 bits per heavy atom. The second-order valence-corrected chi connectivity index (χ2v) is 63.2. The summed E-state index contributed by atoms with van der Waals surface area (Å²) in [5.41, 5.74) is 11.3. The molecule has 4 heteroatoms. The third-order valence-electron chi connectivity index (χ3n) is 8.37. The van der Waals surface area contributed by atoms with Crippen molar-refractivity contribution in [3.05, 3.63) is 80.9 Å². The summed E-state index contributed by atoms with van der Waals surface area (Å²) in [6.45, 7) is 20.8. The Hall–Kier alpha value is -0.413. The van der Waals surface area contributed by atoms with Gasteiger partial charge in [-0.3, -0.25) is 0 Å². The molecule has 0 spiro atoms. The molecule has 0 aliphatic heterocycles. The van der Waals surface area contributed by atoms with E-state index < -0.39 is 14.8 Å². The molecule has 2 aliphatic rings. The number of halogens is 2. The summed E-state index contributed by atoms with van der Waals surface area (Å²) in [6.07, 6.45) is 7.24. The van der Waals surface area contributed by atoms with E-state index in [0.29, 0.717) is 0 Å². The molecule has 0 N–H and O–H groups in total. The van der Waals surface area contributed by atoms with E-state index >= 15 is 0 Å². The number of allylic oxidation sites excluding steroid dienone is 2. The molecule has 0 bridgehead atoms. The van der Waals surface area contributed by atoms with Crippen LogP contribution in [0.4, 0.5) is 0 Å². The van der Waals surface area contributed by atoms with Crippen molar-refractivity contribution >= 4 is 35.5 Å². The van der Waals surface area contributed by atoms with Crippen LogP contribution in [0.25, 0.3) is 12.2 Å². The molecular formula is C32H44Cl2HfSi. The van der Waals surface area contributed by atoms with Gasteiger partial charge in [0.2, 0.25) is 0 Å². The van der Waals surface area contributed by atoms with Crippen LogP contribution in [0.15, 0.2) is 47.5 Å². The zero-order valence-corrected chi connectivity index (χ0v) is 30.0. The quantitative estimate of drug-likeness (QED) is 0.215. The normalized spacial score (nSPS) is 20.1. The number of unbranched alkanes of at least 4 members (excludes halogenated alkanes) is 1. The first-order chi connectivity index (χ1) is 16.6. The van der Waals surface area contributed by atoms with Crippen molar-refractivity contribution in [1.29, 1.82) is 0 Å². The average Bonchev–Trinajstić information content (AvgIpc) is 3.28. The van der Waals surface area contributed by atoms with E-state index in [1.807, 2.05) is 0 Å². The zero-order valence-electron chi connectivity index (χ0n) is 23.7. The summed E-state index contributed by atoms with van der Waals surface area (Å²) in [5, 5.41) is 0. The molecule has 194 valence electrons. The molecule has 0 aromatic heterocycles. The van der Waals surface area contributed by atoms with Gasteiger partial charge in [-0.2, -0.15) is 0 Å².